The van der Waals surface area contributed by atoms with Crippen molar-refractivity contribution in [1.29, 1.82) is 0 Å². The van der Waals surface area contributed by atoms with Crippen molar-refractivity contribution in [2.24, 2.45) is 5.92 Å². The van der Waals surface area contributed by atoms with E-state index in [1.165, 1.54) is 12.1 Å². The van der Waals surface area contributed by atoms with Crippen LogP contribution in [0.3, 0.4) is 0 Å². The molecule has 2 heterocycles. The maximum Gasteiger partial charge on any atom is 0.326 e. The number of aromatic nitrogens is 2. The Kier molecular flexibility index (Phi) is 5.09. The first kappa shape index (κ1) is 19.2. The van der Waals surface area contributed by atoms with E-state index in [0.717, 1.165) is 25.0 Å². The average molecular weight is 396 g/mol. The summed E-state index contributed by atoms with van der Waals surface area (Å²) in [6.45, 7) is 3.67. The Morgan fingerprint density at radius 2 is 2.11 bits per heavy atom. The zero-order valence-corrected chi connectivity index (χ0v) is 15.8. The maximum atomic E-state index is 15.0. The largest absolute Gasteiger partial charge is 0.506 e. The Hall–Kier alpha value is -2.62. The van der Waals surface area contributed by atoms with Gasteiger partial charge in [0, 0.05) is 11.3 Å². The number of halogens is 1. The summed E-state index contributed by atoms with van der Waals surface area (Å²) in [5.41, 5.74) is 0.591. The lowest BCUT2D eigenvalue weighted by molar-refractivity contribution is -0.117. The smallest absolute Gasteiger partial charge is 0.326 e. The van der Waals surface area contributed by atoms with Crippen molar-refractivity contribution >= 4 is 21.8 Å². The minimum absolute atomic E-state index is 0.0312. The topological polar surface area (TPSA) is 115 Å². The number of phenolic OH excluding ortho intramolecular Hbond substituents is 1. The number of hydrogen-bond acceptors (Lipinski definition) is 5. The predicted molar refractivity (Wildman–Crippen MR) is 97.8 cm³/mol. The Balaban J connectivity index is 1.92. The monoisotopic (exact) mass is 396 g/mol. The summed E-state index contributed by atoms with van der Waals surface area (Å²) < 4.78 is 41.3. The van der Waals surface area contributed by atoms with Gasteiger partial charge in [0.05, 0.1) is 5.69 Å². The molecule has 2 aromatic rings. The maximum absolute atomic E-state index is 15.0. The van der Waals surface area contributed by atoms with E-state index in [0.29, 0.717) is 15.9 Å². The second-order valence-electron chi connectivity index (χ2n) is 6.90. The highest BCUT2D eigenvalue weighted by molar-refractivity contribution is 7.92. The molecule has 0 aliphatic carbocycles. The second-order valence-corrected chi connectivity index (χ2v) is 8.49. The molecule has 0 spiro atoms. The van der Waals surface area contributed by atoms with E-state index < -0.39 is 39.9 Å². The summed E-state index contributed by atoms with van der Waals surface area (Å²) in [7, 11) is -4.24. The number of aromatic hydroxyl groups is 1. The van der Waals surface area contributed by atoms with E-state index in [4.69, 9.17) is 0 Å². The van der Waals surface area contributed by atoms with E-state index in [-0.39, 0.29) is 5.56 Å². The number of hydrogen-bond donors (Lipinski definition) is 3. The molecule has 0 unspecified atom stereocenters. The Morgan fingerprint density at radius 1 is 1.37 bits per heavy atom. The Labute approximate surface area is 156 Å². The number of benzene rings is 1. The first-order valence-electron chi connectivity index (χ1n) is 8.58. The van der Waals surface area contributed by atoms with Gasteiger partial charge >= 0.3 is 10.2 Å². The van der Waals surface area contributed by atoms with E-state index >= 15 is 4.39 Å². The van der Waals surface area contributed by atoms with Crippen molar-refractivity contribution in [3.8, 4) is 17.0 Å². The van der Waals surface area contributed by atoms with Crippen LogP contribution in [0.5, 0.6) is 5.75 Å². The predicted octanol–water partition coefficient (Wildman–Crippen LogP) is 2.08. The van der Waals surface area contributed by atoms with Gasteiger partial charge < -0.3 is 5.11 Å². The fourth-order valence-electron chi connectivity index (χ4n) is 2.96. The van der Waals surface area contributed by atoms with Crippen LogP contribution in [0.4, 0.5) is 10.1 Å². The van der Waals surface area contributed by atoms with Crippen LogP contribution < -0.4 is 9.03 Å². The number of carbonyl (C=O) groups is 1. The molecule has 0 saturated carbocycles. The molecule has 1 fully saturated rings. The minimum atomic E-state index is -4.24. The van der Waals surface area contributed by atoms with Gasteiger partial charge in [0.1, 0.15) is 18.0 Å². The van der Waals surface area contributed by atoms with Crippen LogP contribution in [0.25, 0.3) is 11.3 Å². The van der Waals surface area contributed by atoms with Crippen LogP contribution in [-0.2, 0) is 21.4 Å². The molecule has 3 N–H and O–H groups in total. The normalized spacial score (nSPS) is 16.1. The molecule has 1 aromatic heterocycles. The summed E-state index contributed by atoms with van der Waals surface area (Å²) in [5, 5.41) is 17.0. The summed E-state index contributed by atoms with van der Waals surface area (Å²) >= 11 is 0. The molecule has 1 amide bonds. The number of anilines is 1. The zero-order valence-electron chi connectivity index (χ0n) is 15.0. The number of phenols is 1. The number of rotatable bonds is 6. The van der Waals surface area contributed by atoms with Crippen LogP contribution in [0, 0.1) is 11.7 Å². The summed E-state index contributed by atoms with van der Waals surface area (Å²) in [6.07, 6.45) is 2.78. The molecular formula is C17H21FN4O4S. The lowest BCUT2D eigenvalue weighted by atomic mass is 10.0. The fraction of sp³-hybridized carbons (Fsp3) is 0.412. The van der Waals surface area contributed by atoms with Gasteiger partial charge in [-0.05, 0) is 37.0 Å². The van der Waals surface area contributed by atoms with Gasteiger partial charge in [-0.25, -0.2) is 13.4 Å². The van der Waals surface area contributed by atoms with Gasteiger partial charge in [-0.2, -0.15) is 13.5 Å². The van der Waals surface area contributed by atoms with Crippen LogP contribution in [0.2, 0.25) is 0 Å². The third-order valence-electron chi connectivity index (χ3n) is 4.30. The molecule has 8 nitrogen and oxygen atoms in total. The standard InChI is InChI=1S/C17H21FN4O4S/c1-10(2)4-3-5-11-8-13(20-19-11)12-6-7-14(23)17(16(12)18)22-9-15(24)21-27(22,25)26/h6-8,10,23H,3-5,9H2,1-2H3,(H,19,20)(H,21,24). The quantitative estimate of drug-likeness (QED) is 0.691. The number of H-pyrrole nitrogens is 1. The van der Waals surface area contributed by atoms with Gasteiger partial charge in [-0.1, -0.05) is 20.3 Å². The lowest BCUT2D eigenvalue weighted by Crippen LogP contribution is -2.30. The molecule has 10 heteroatoms. The van der Waals surface area contributed by atoms with Gasteiger partial charge in [0.15, 0.2) is 5.82 Å². The van der Waals surface area contributed by atoms with Crippen LogP contribution in [0.1, 0.15) is 32.4 Å². The molecular weight excluding hydrogens is 375 g/mol. The molecule has 1 aliphatic rings. The highest BCUT2D eigenvalue weighted by Gasteiger charge is 2.38. The van der Waals surface area contributed by atoms with Crippen molar-refractivity contribution in [3.05, 3.63) is 29.7 Å². The number of nitrogens with one attached hydrogen (secondary N) is 2. The van der Waals surface area contributed by atoms with Crippen molar-refractivity contribution < 1.29 is 22.7 Å². The number of carbonyl (C=O) groups excluding carboxylic acids is 1. The molecule has 1 saturated heterocycles. The first-order chi connectivity index (χ1) is 12.7. The Bertz CT molecular complexity index is 971. The third kappa shape index (κ3) is 3.90. The molecule has 1 aliphatic heterocycles. The van der Waals surface area contributed by atoms with Gasteiger partial charge in [0.25, 0.3) is 5.91 Å². The number of aromatic amines is 1. The molecule has 146 valence electrons. The average Bonchev–Trinajstić information content (AvgIpc) is 3.11. The Morgan fingerprint density at radius 3 is 2.74 bits per heavy atom. The first-order valence-corrected chi connectivity index (χ1v) is 10.0. The molecule has 0 bridgehead atoms. The molecule has 1 aromatic carbocycles. The number of amides is 1. The van der Waals surface area contributed by atoms with Crippen molar-refractivity contribution in [1.82, 2.24) is 14.9 Å². The highest BCUT2D eigenvalue weighted by atomic mass is 32.2. The van der Waals surface area contributed by atoms with E-state index in [2.05, 4.69) is 24.0 Å². The summed E-state index contributed by atoms with van der Waals surface area (Å²) in [5.74, 6) is -1.76. The SMILES string of the molecule is CC(C)CCCc1cc(-c2ccc(O)c(N3CC(=O)NS3(=O)=O)c2F)n[nH]1. The summed E-state index contributed by atoms with van der Waals surface area (Å²) in [4.78, 5) is 11.4. The van der Waals surface area contributed by atoms with Crippen molar-refractivity contribution in [2.75, 3.05) is 10.8 Å². The van der Waals surface area contributed by atoms with E-state index in [1.54, 1.807) is 10.8 Å². The summed E-state index contributed by atoms with van der Waals surface area (Å²) in [6, 6.07) is 4.20. The molecule has 0 atom stereocenters. The second kappa shape index (κ2) is 7.18. The number of aryl methyl sites for hydroxylation is 1. The van der Waals surface area contributed by atoms with Crippen molar-refractivity contribution in [2.45, 2.75) is 33.1 Å². The van der Waals surface area contributed by atoms with Crippen molar-refractivity contribution in [3.63, 3.8) is 0 Å². The van der Waals surface area contributed by atoms with E-state index in [1.807, 2.05) is 0 Å². The molecule has 0 radical (unpaired) electrons. The van der Waals surface area contributed by atoms with Crippen LogP contribution >= 0.6 is 0 Å². The number of nitrogens with zero attached hydrogens (tertiary/aromatic N) is 2. The molecule has 27 heavy (non-hydrogen) atoms. The fourth-order valence-corrected chi connectivity index (χ4v) is 4.13. The van der Waals surface area contributed by atoms with Gasteiger partial charge in [0.2, 0.25) is 0 Å². The van der Waals surface area contributed by atoms with E-state index in [9.17, 15) is 18.3 Å². The lowest BCUT2D eigenvalue weighted by Gasteiger charge is -2.18. The highest BCUT2D eigenvalue weighted by Crippen LogP contribution is 2.38. The third-order valence-corrected chi connectivity index (χ3v) is 5.68. The minimum Gasteiger partial charge on any atom is -0.506 e. The van der Waals surface area contributed by atoms with Gasteiger partial charge in [-0.15, -0.1) is 0 Å². The molecule has 3 rings (SSSR count). The van der Waals surface area contributed by atoms with Crippen LogP contribution in [0.15, 0.2) is 18.2 Å². The van der Waals surface area contributed by atoms with Gasteiger partial charge in [-0.3, -0.25) is 9.89 Å². The zero-order chi connectivity index (χ0) is 19.8. The van der Waals surface area contributed by atoms with Crippen LogP contribution in [-0.4, -0.2) is 36.2 Å².